The molecule has 0 aliphatic carbocycles. The highest BCUT2D eigenvalue weighted by Gasteiger charge is 2.41. The minimum atomic E-state index is -0.467. The number of phenolic OH excluding ortho intramolecular Hbond substituents is 1. The van der Waals surface area contributed by atoms with Crippen molar-refractivity contribution in [2.75, 3.05) is 0 Å². The normalized spacial score (nSPS) is 24.1. The molecule has 2 heterocycles. The van der Waals surface area contributed by atoms with Crippen LogP contribution in [0.5, 0.6) is 5.75 Å². The predicted molar refractivity (Wildman–Crippen MR) is 85.6 cm³/mol. The van der Waals surface area contributed by atoms with Crippen LogP contribution in [0.15, 0.2) is 30.3 Å². The summed E-state index contributed by atoms with van der Waals surface area (Å²) in [6, 6.07) is 7.62. The van der Waals surface area contributed by atoms with Crippen LogP contribution >= 0.6 is 0 Å². The second-order valence-corrected chi connectivity index (χ2v) is 7.13. The van der Waals surface area contributed by atoms with Gasteiger partial charge in [0.2, 0.25) is 0 Å². The number of amides is 1. The van der Waals surface area contributed by atoms with Crippen LogP contribution in [0.25, 0.3) is 5.57 Å². The predicted octanol–water partition coefficient (Wildman–Crippen LogP) is 3.95. The minimum absolute atomic E-state index is 0.103. The summed E-state index contributed by atoms with van der Waals surface area (Å²) in [5, 5.41) is 9.65. The van der Waals surface area contributed by atoms with Gasteiger partial charge >= 0.3 is 6.09 Å². The van der Waals surface area contributed by atoms with Gasteiger partial charge in [0, 0.05) is 6.04 Å². The van der Waals surface area contributed by atoms with Crippen LogP contribution in [-0.4, -0.2) is 33.8 Å². The third-order valence-corrected chi connectivity index (χ3v) is 4.22. The van der Waals surface area contributed by atoms with Crippen molar-refractivity contribution >= 4 is 11.7 Å². The Hall–Kier alpha value is -1.97. The number of hydrogen-bond acceptors (Lipinski definition) is 3. The molecule has 4 nitrogen and oxygen atoms in total. The lowest BCUT2D eigenvalue weighted by Crippen LogP contribution is -2.45. The molecule has 1 aromatic rings. The Morgan fingerprint density at radius 1 is 1.32 bits per heavy atom. The highest BCUT2D eigenvalue weighted by molar-refractivity contribution is 5.75. The fourth-order valence-electron chi connectivity index (χ4n) is 3.35. The van der Waals surface area contributed by atoms with Crippen molar-refractivity contribution in [3.8, 4) is 5.75 Å². The van der Waals surface area contributed by atoms with Crippen LogP contribution in [-0.2, 0) is 4.74 Å². The molecule has 22 heavy (non-hydrogen) atoms. The molecule has 2 aliphatic rings. The zero-order chi connectivity index (χ0) is 15.9. The molecule has 0 spiro atoms. The lowest BCUT2D eigenvalue weighted by molar-refractivity contribution is 0.0175. The molecule has 1 amide bonds. The molecule has 1 saturated heterocycles. The Balaban J connectivity index is 1.82. The van der Waals surface area contributed by atoms with Gasteiger partial charge in [0.1, 0.15) is 11.4 Å². The van der Waals surface area contributed by atoms with E-state index in [1.54, 1.807) is 12.1 Å². The second-order valence-electron chi connectivity index (χ2n) is 7.13. The van der Waals surface area contributed by atoms with E-state index in [1.807, 2.05) is 37.8 Å². The molecule has 1 aromatic carbocycles. The summed E-state index contributed by atoms with van der Waals surface area (Å²) >= 11 is 0. The Morgan fingerprint density at radius 2 is 2.09 bits per heavy atom. The van der Waals surface area contributed by atoms with Crippen LogP contribution in [0.2, 0.25) is 0 Å². The zero-order valence-electron chi connectivity index (χ0n) is 13.4. The Kier molecular flexibility index (Phi) is 3.63. The van der Waals surface area contributed by atoms with Crippen molar-refractivity contribution in [3.05, 3.63) is 35.9 Å². The van der Waals surface area contributed by atoms with E-state index in [1.165, 1.54) is 5.57 Å². The molecule has 2 unspecified atom stereocenters. The van der Waals surface area contributed by atoms with Crippen molar-refractivity contribution in [2.45, 2.75) is 57.7 Å². The maximum atomic E-state index is 12.4. The average molecular weight is 301 g/mol. The Morgan fingerprint density at radius 3 is 2.73 bits per heavy atom. The number of benzene rings is 1. The minimum Gasteiger partial charge on any atom is -0.508 e. The summed E-state index contributed by atoms with van der Waals surface area (Å²) in [5.41, 5.74) is 1.79. The van der Waals surface area contributed by atoms with E-state index in [9.17, 15) is 9.90 Å². The average Bonchev–Trinajstić information content (AvgIpc) is 2.68. The smallest absolute Gasteiger partial charge is 0.411 e. The first-order valence-corrected chi connectivity index (χ1v) is 7.85. The number of phenols is 1. The number of carbonyl (C=O) groups excluding carboxylic acids is 1. The highest BCUT2D eigenvalue weighted by atomic mass is 16.6. The van der Waals surface area contributed by atoms with Gasteiger partial charge in [-0.2, -0.15) is 0 Å². The van der Waals surface area contributed by atoms with Crippen molar-refractivity contribution in [3.63, 3.8) is 0 Å². The molecule has 0 radical (unpaired) electrons. The maximum Gasteiger partial charge on any atom is 0.411 e. The van der Waals surface area contributed by atoms with Crippen molar-refractivity contribution < 1.29 is 14.6 Å². The standard InChI is InChI=1S/C18H23NO3/c1-18(2,3)22-17(21)19-14-7-8-15(19)10-13(9-14)12-5-4-6-16(20)11-12/h4-6,9,11,14-15,20H,7-8,10H2,1-3H3. The first kappa shape index (κ1) is 14.9. The third-order valence-electron chi connectivity index (χ3n) is 4.22. The van der Waals surface area contributed by atoms with Gasteiger partial charge in [-0.3, -0.25) is 4.90 Å². The number of hydrogen-bond donors (Lipinski definition) is 1. The van der Waals surface area contributed by atoms with Crippen molar-refractivity contribution in [1.29, 1.82) is 0 Å². The molecular formula is C18H23NO3. The van der Waals surface area contributed by atoms with Crippen LogP contribution in [0, 0.1) is 0 Å². The number of aromatic hydroxyl groups is 1. The number of rotatable bonds is 1. The Labute approximate surface area is 131 Å². The molecule has 3 rings (SSSR count). The maximum absolute atomic E-state index is 12.4. The molecule has 0 saturated carbocycles. The van der Waals surface area contributed by atoms with Gasteiger partial charge in [-0.1, -0.05) is 18.2 Å². The van der Waals surface area contributed by atoms with Crippen molar-refractivity contribution in [1.82, 2.24) is 4.90 Å². The summed E-state index contributed by atoms with van der Waals surface area (Å²) in [4.78, 5) is 14.3. The summed E-state index contributed by atoms with van der Waals surface area (Å²) in [6.45, 7) is 5.68. The summed E-state index contributed by atoms with van der Waals surface area (Å²) in [7, 11) is 0. The largest absolute Gasteiger partial charge is 0.508 e. The lowest BCUT2D eigenvalue weighted by Gasteiger charge is -2.35. The third kappa shape index (κ3) is 2.96. The van der Waals surface area contributed by atoms with Gasteiger partial charge in [-0.15, -0.1) is 0 Å². The number of fused-ring (bicyclic) bond motifs is 2. The van der Waals surface area contributed by atoms with Crippen LogP contribution in [0.1, 0.15) is 45.6 Å². The van der Waals surface area contributed by atoms with E-state index in [2.05, 4.69) is 6.08 Å². The first-order chi connectivity index (χ1) is 10.3. The van der Waals surface area contributed by atoms with Gasteiger partial charge in [-0.05, 0) is 63.3 Å². The molecule has 1 N–H and O–H groups in total. The molecule has 2 bridgehead atoms. The molecule has 1 fully saturated rings. The van der Waals surface area contributed by atoms with Crippen LogP contribution in [0.4, 0.5) is 4.79 Å². The van der Waals surface area contributed by atoms with E-state index < -0.39 is 5.60 Å². The monoisotopic (exact) mass is 301 g/mol. The molecule has 2 aliphatic heterocycles. The van der Waals surface area contributed by atoms with E-state index in [0.717, 1.165) is 24.8 Å². The van der Waals surface area contributed by atoms with E-state index >= 15 is 0 Å². The van der Waals surface area contributed by atoms with Gasteiger partial charge in [0.15, 0.2) is 0 Å². The number of carbonyl (C=O) groups is 1. The van der Waals surface area contributed by atoms with Gasteiger partial charge in [-0.25, -0.2) is 4.79 Å². The van der Waals surface area contributed by atoms with E-state index in [0.29, 0.717) is 0 Å². The van der Waals surface area contributed by atoms with E-state index in [4.69, 9.17) is 4.74 Å². The molecular weight excluding hydrogens is 278 g/mol. The lowest BCUT2D eigenvalue weighted by atomic mass is 9.95. The quantitative estimate of drug-likeness (QED) is 0.854. The van der Waals surface area contributed by atoms with Crippen LogP contribution in [0.3, 0.4) is 0 Å². The SMILES string of the molecule is CC(C)(C)OC(=O)N1C2C=C(c3cccc(O)c3)CC1CC2. The molecule has 2 atom stereocenters. The highest BCUT2D eigenvalue weighted by Crippen LogP contribution is 2.39. The van der Waals surface area contributed by atoms with Gasteiger partial charge in [0.05, 0.1) is 6.04 Å². The van der Waals surface area contributed by atoms with Crippen LogP contribution < -0.4 is 0 Å². The summed E-state index contributed by atoms with van der Waals surface area (Å²) in [6.07, 6.45) is 4.74. The number of ether oxygens (including phenoxy) is 1. The zero-order valence-corrected chi connectivity index (χ0v) is 13.4. The second kappa shape index (κ2) is 5.34. The molecule has 0 aromatic heterocycles. The Bertz CT molecular complexity index is 615. The van der Waals surface area contributed by atoms with Gasteiger partial charge < -0.3 is 9.84 Å². The fourth-order valence-corrected chi connectivity index (χ4v) is 3.35. The first-order valence-electron chi connectivity index (χ1n) is 7.85. The summed E-state index contributed by atoms with van der Waals surface area (Å²) < 4.78 is 5.54. The number of nitrogens with zero attached hydrogens (tertiary/aromatic N) is 1. The fraction of sp³-hybridized carbons (Fsp3) is 0.500. The van der Waals surface area contributed by atoms with Gasteiger partial charge in [0.25, 0.3) is 0 Å². The van der Waals surface area contributed by atoms with Crippen molar-refractivity contribution in [2.24, 2.45) is 0 Å². The topological polar surface area (TPSA) is 49.8 Å². The van der Waals surface area contributed by atoms with E-state index in [-0.39, 0.29) is 23.9 Å². The molecule has 4 heteroatoms. The summed E-state index contributed by atoms with van der Waals surface area (Å²) in [5.74, 6) is 0.278. The molecule has 118 valence electrons.